The van der Waals surface area contributed by atoms with E-state index in [1.54, 1.807) is 0 Å². The first-order valence-electron chi connectivity index (χ1n) is 7.76. The molecule has 6 heteroatoms. The Bertz CT molecular complexity index is 344. The fourth-order valence-corrected chi connectivity index (χ4v) is 3.77. The summed E-state index contributed by atoms with van der Waals surface area (Å²) in [5.41, 5.74) is -0.432. The van der Waals surface area contributed by atoms with E-state index in [1.165, 1.54) is 0 Å². The van der Waals surface area contributed by atoms with Gasteiger partial charge in [-0.3, -0.25) is 0 Å². The van der Waals surface area contributed by atoms with Crippen molar-refractivity contribution in [3.05, 3.63) is 6.92 Å². The molecule has 0 bridgehead atoms. The van der Waals surface area contributed by atoms with E-state index in [0.717, 1.165) is 6.42 Å². The summed E-state index contributed by atoms with van der Waals surface area (Å²) in [5.74, 6) is 0.425. The summed E-state index contributed by atoms with van der Waals surface area (Å²) in [4.78, 5) is 0. The Morgan fingerprint density at radius 1 is 1.09 bits per heavy atom. The molecule has 0 amide bonds. The molecule has 0 unspecified atom stereocenters. The van der Waals surface area contributed by atoms with Crippen molar-refractivity contribution in [1.82, 2.24) is 0 Å². The Morgan fingerprint density at radius 2 is 1.68 bits per heavy atom. The third-order valence-corrected chi connectivity index (χ3v) is 4.59. The van der Waals surface area contributed by atoms with E-state index >= 15 is 0 Å². The second-order valence-corrected chi connectivity index (χ2v) is 6.46. The van der Waals surface area contributed by atoms with Gasteiger partial charge >= 0.3 is 23.1 Å². The van der Waals surface area contributed by atoms with Gasteiger partial charge in [-0.05, 0) is 27.2 Å². The van der Waals surface area contributed by atoms with Crippen molar-refractivity contribution in [1.29, 1.82) is 0 Å². The number of hydrogen-bond acceptors (Lipinski definition) is 4. The third-order valence-electron chi connectivity index (χ3n) is 4.59. The molecule has 0 aromatic heterocycles. The van der Waals surface area contributed by atoms with Gasteiger partial charge in [-0.1, -0.05) is 20.8 Å². The molecule has 126 valence electrons. The van der Waals surface area contributed by atoms with Gasteiger partial charge in [0.1, 0.15) is 5.60 Å². The van der Waals surface area contributed by atoms with Gasteiger partial charge in [0.25, 0.3) is 0 Å². The summed E-state index contributed by atoms with van der Waals surface area (Å²) < 4.78 is 24.0. The van der Waals surface area contributed by atoms with E-state index in [-0.39, 0.29) is 82.8 Å². The summed E-state index contributed by atoms with van der Waals surface area (Å²) in [6.07, 6.45) is 0.575. The van der Waals surface area contributed by atoms with E-state index in [9.17, 15) is 0 Å². The molecule has 22 heavy (non-hydrogen) atoms. The predicted octanol–water partition coefficient (Wildman–Crippen LogP) is -0.224. The van der Waals surface area contributed by atoms with Crippen LogP contribution in [0.1, 0.15) is 48.0 Å². The minimum absolute atomic E-state index is 0. The maximum atomic E-state index is 6.12. The number of rotatable bonds is 3. The van der Waals surface area contributed by atoms with E-state index in [4.69, 9.17) is 18.9 Å². The summed E-state index contributed by atoms with van der Waals surface area (Å²) in [6.45, 7) is 16.5. The van der Waals surface area contributed by atoms with Gasteiger partial charge < -0.3 is 42.9 Å². The van der Waals surface area contributed by atoms with Crippen LogP contribution in [0, 0.1) is 18.8 Å². The summed E-state index contributed by atoms with van der Waals surface area (Å²) in [6, 6.07) is 0. The first-order valence-corrected chi connectivity index (χ1v) is 7.76. The Labute approximate surface area is 161 Å². The number of halogens is 1. The number of ether oxygens (including phenoxy) is 4. The van der Waals surface area contributed by atoms with Gasteiger partial charge in [0.2, 0.25) is 0 Å². The molecule has 0 spiro atoms. The normalized spacial score (nSPS) is 46.5. The van der Waals surface area contributed by atoms with Gasteiger partial charge in [-0.25, -0.2) is 0 Å². The molecule has 0 N–H and O–H groups in total. The van der Waals surface area contributed by atoms with Crippen molar-refractivity contribution in [2.75, 3.05) is 0 Å². The molecule has 0 saturated carbocycles. The monoisotopic (exact) mass is 388 g/mol. The minimum atomic E-state index is -0.432. The Hall–Kier alpha value is 1.09. The molecule has 2 fully saturated rings. The molecule has 0 aromatic rings. The zero-order valence-electron chi connectivity index (χ0n) is 14.7. The first kappa shape index (κ1) is 23.1. The van der Waals surface area contributed by atoms with Crippen LogP contribution < -0.4 is 17.0 Å². The van der Waals surface area contributed by atoms with Crippen LogP contribution >= 0.6 is 0 Å². The fraction of sp³-hybridized carbons (Fsp3) is 0.938. The molecule has 2 rings (SSSR count). The largest absolute Gasteiger partial charge is 2.00 e. The Balaban J connectivity index is 0.00000220. The smallest absolute Gasteiger partial charge is 1.00 e. The molecule has 2 aliphatic heterocycles. The summed E-state index contributed by atoms with van der Waals surface area (Å²) >= 11 is 0. The predicted molar refractivity (Wildman–Crippen MR) is 82.8 cm³/mol. The molecular formula is C16H29BrMgO4. The van der Waals surface area contributed by atoms with E-state index in [1.807, 2.05) is 13.8 Å². The topological polar surface area (TPSA) is 36.9 Å². The van der Waals surface area contributed by atoms with Crippen molar-refractivity contribution >= 4 is 23.1 Å². The molecule has 4 nitrogen and oxygen atoms in total. The standard InChI is InChI=1S/C16H29O4.BrH.Mg/c1-8-13-16(7,20-12(6)17-13)15-10(4)14(9(2)3)18-11(5)19-15;;/h9-15H,2,8H2,1,3-7H3;1H;/q-1;;+2/p-1/t9-,10-,11+,12-,13-,14+,15-,16+;;/m0../s1. The van der Waals surface area contributed by atoms with Crippen LogP contribution in [-0.2, 0) is 18.9 Å². The van der Waals surface area contributed by atoms with Crippen LogP contribution in [-0.4, -0.2) is 59.5 Å². The Morgan fingerprint density at radius 3 is 2.18 bits per heavy atom. The summed E-state index contributed by atoms with van der Waals surface area (Å²) in [7, 11) is 0. The zero-order valence-corrected chi connectivity index (χ0v) is 17.7. The molecule has 0 radical (unpaired) electrons. The van der Waals surface area contributed by atoms with Crippen LogP contribution in [0.2, 0.25) is 0 Å². The van der Waals surface area contributed by atoms with Gasteiger partial charge in [-0.2, -0.15) is 0 Å². The molecule has 2 aliphatic rings. The van der Waals surface area contributed by atoms with Crippen molar-refractivity contribution in [3.63, 3.8) is 0 Å². The van der Waals surface area contributed by atoms with E-state index < -0.39 is 5.60 Å². The molecule has 2 heterocycles. The molecule has 0 aliphatic carbocycles. The molecule has 2 saturated heterocycles. The third kappa shape index (κ3) is 4.38. The molecular weight excluding hydrogens is 360 g/mol. The van der Waals surface area contributed by atoms with Crippen molar-refractivity contribution < 1.29 is 35.9 Å². The maximum absolute atomic E-state index is 6.12. The van der Waals surface area contributed by atoms with Crippen LogP contribution in [0.25, 0.3) is 0 Å². The quantitative estimate of drug-likeness (QED) is 0.494. The van der Waals surface area contributed by atoms with Gasteiger partial charge in [0.05, 0.1) is 12.2 Å². The fourth-order valence-electron chi connectivity index (χ4n) is 3.77. The molecule has 0 aromatic carbocycles. The van der Waals surface area contributed by atoms with Crippen LogP contribution in [0.15, 0.2) is 0 Å². The second-order valence-electron chi connectivity index (χ2n) is 6.46. The maximum Gasteiger partial charge on any atom is 2.00 e. The average molecular weight is 390 g/mol. The van der Waals surface area contributed by atoms with Gasteiger partial charge in [0.15, 0.2) is 12.6 Å². The Kier molecular flexibility index (Phi) is 9.41. The van der Waals surface area contributed by atoms with Crippen LogP contribution in [0.3, 0.4) is 0 Å². The molecule has 8 atom stereocenters. The van der Waals surface area contributed by atoms with E-state index in [0.29, 0.717) is 0 Å². The van der Waals surface area contributed by atoms with Gasteiger partial charge in [0, 0.05) is 12.0 Å². The average Bonchev–Trinajstić information content (AvgIpc) is 2.67. The van der Waals surface area contributed by atoms with Crippen LogP contribution in [0.4, 0.5) is 0 Å². The van der Waals surface area contributed by atoms with Crippen molar-refractivity contribution in [3.8, 4) is 0 Å². The van der Waals surface area contributed by atoms with Gasteiger partial charge in [-0.15, -0.1) is 5.92 Å². The van der Waals surface area contributed by atoms with E-state index in [2.05, 4.69) is 34.6 Å². The van der Waals surface area contributed by atoms with Crippen molar-refractivity contribution in [2.24, 2.45) is 11.8 Å². The first-order chi connectivity index (χ1) is 9.29. The van der Waals surface area contributed by atoms with Crippen LogP contribution in [0.5, 0.6) is 0 Å². The zero-order chi connectivity index (χ0) is 15.1. The SMILES string of the molecule is [Br-].[CH2-][C@@H](C)[C@H]1O[C@@H](C)O[C@H]([C@]2(C)O[C@@H](C)O[C@H]2CC)[C@H]1C.[Mg+2]. The van der Waals surface area contributed by atoms with Crippen molar-refractivity contribution in [2.45, 2.75) is 84.5 Å². The second kappa shape index (κ2) is 8.97. The summed E-state index contributed by atoms with van der Waals surface area (Å²) in [5, 5.41) is 0. The minimum Gasteiger partial charge on any atom is -1.00 e. The number of hydrogen-bond donors (Lipinski definition) is 0.